The molecule has 2 aliphatic rings. The van der Waals surface area contributed by atoms with Crippen molar-refractivity contribution in [3.05, 3.63) is 180 Å². The molecule has 0 unspecified atom stereocenters. The van der Waals surface area contributed by atoms with Gasteiger partial charge in [0.15, 0.2) is 0 Å². The minimum atomic E-state index is -0.122. The fraction of sp³-hybridized carbons (Fsp3) is 0.120. The molecule has 10 rings (SSSR count). The molecule has 8 aromatic carbocycles. The first-order valence-corrected chi connectivity index (χ1v) is 17.9. The van der Waals surface area contributed by atoms with Gasteiger partial charge >= 0.3 is 0 Å². The van der Waals surface area contributed by atoms with Gasteiger partial charge in [0.25, 0.3) is 0 Å². The van der Waals surface area contributed by atoms with E-state index in [9.17, 15) is 0 Å². The highest BCUT2D eigenvalue weighted by atomic mass is 14.4. The summed E-state index contributed by atoms with van der Waals surface area (Å²) in [5, 5.41) is 5.15. The van der Waals surface area contributed by atoms with Crippen molar-refractivity contribution >= 4 is 21.5 Å². The first kappa shape index (κ1) is 29.2. The van der Waals surface area contributed by atoms with E-state index in [0.29, 0.717) is 0 Å². The zero-order valence-electron chi connectivity index (χ0n) is 29.0. The van der Waals surface area contributed by atoms with E-state index in [1.54, 1.807) is 0 Å². The molecule has 0 fully saturated rings. The van der Waals surface area contributed by atoms with Crippen molar-refractivity contribution < 1.29 is 0 Å². The predicted octanol–water partition coefficient (Wildman–Crippen LogP) is 13.6. The van der Waals surface area contributed by atoms with Crippen LogP contribution < -0.4 is 0 Å². The van der Waals surface area contributed by atoms with Crippen LogP contribution in [0.1, 0.15) is 49.9 Å². The molecule has 0 radical (unpaired) electrons. The van der Waals surface area contributed by atoms with Crippen LogP contribution in [-0.4, -0.2) is 0 Å². The quantitative estimate of drug-likeness (QED) is 0.169. The molecule has 0 spiro atoms. The van der Waals surface area contributed by atoms with Gasteiger partial charge in [-0.1, -0.05) is 167 Å². The summed E-state index contributed by atoms with van der Waals surface area (Å²) in [6.07, 6.45) is 0. The summed E-state index contributed by atoms with van der Waals surface area (Å²) in [6.45, 7) is 9.59. The SMILES string of the molecule is CC1(C)c2ccccc2-c2cc3c(cc21)-c1ccc(-c2c4ccccc4c(-c4ccc(-c5ccccc5)cc4)c4ccccc24)cc1C3(C)C. The highest BCUT2D eigenvalue weighted by molar-refractivity contribution is 6.21. The Labute approximate surface area is 294 Å². The molecule has 50 heavy (non-hydrogen) atoms. The number of hydrogen-bond donors (Lipinski definition) is 0. The monoisotopic (exact) mass is 638 g/mol. The van der Waals surface area contributed by atoms with Crippen LogP contribution in [0.5, 0.6) is 0 Å². The van der Waals surface area contributed by atoms with Crippen molar-refractivity contribution in [3.63, 3.8) is 0 Å². The molecule has 0 nitrogen and oxygen atoms in total. The van der Waals surface area contributed by atoms with E-state index >= 15 is 0 Å². The van der Waals surface area contributed by atoms with Crippen LogP contribution in [0.15, 0.2) is 158 Å². The van der Waals surface area contributed by atoms with Crippen molar-refractivity contribution in [2.45, 2.75) is 38.5 Å². The fourth-order valence-electron chi connectivity index (χ4n) is 9.29. The van der Waals surface area contributed by atoms with Crippen molar-refractivity contribution in [1.29, 1.82) is 0 Å². The number of rotatable bonds is 3. The van der Waals surface area contributed by atoms with Crippen LogP contribution in [-0.2, 0) is 10.8 Å². The Balaban J connectivity index is 1.16. The summed E-state index contributed by atoms with van der Waals surface area (Å²) in [6, 6.07) is 59.0. The van der Waals surface area contributed by atoms with E-state index in [0.717, 1.165) is 0 Å². The second-order valence-corrected chi connectivity index (χ2v) is 15.3. The Hall–Kier alpha value is -5.72. The molecule has 0 saturated carbocycles. The molecule has 0 atom stereocenters. The third kappa shape index (κ3) is 4.00. The smallest absolute Gasteiger partial charge is 0.0159 e. The van der Waals surface area contributed by atoms with Gasteiger partial charge in [-0.15, -0.1) is 0 Å². The van der Waals surface area contributed by atoms with E-state index in [1.165, 1.54) is 99.4 Å². The third-order valence-electron chi connectivity index (χ3n) is 11.9. The molecular weight excluding hydrogens is 601 g/mol. The van der Waals surface area contributed by atoms with Gasteiger partial charge in [-0.25, -0.2) is 0 Å². The van der Waals surface area contributed by atoms with Gasteiger partial charge in [-0.3, -0.25) is 0 Å². The van der Waals surface area contributed by atoms with Gasteiger partial charge < -0.3 is 0 Å². The van der Waals surface area contributed by atoms with E-state index < -0.39 is 0 Å². The molecule has 0 aliphatic heterocycles. The Morgan fingerprint density at radius 3 is 1.28 bits per heavy atom. The molecular formula is C50H38. The van der Waals surface area contributed by atoms with Gasteiger partial charge in [0.1, 0.15) is 0 Å². The van der Waals surface area contributed by atoms with Gasteiger partial charge in [-0.05, 0) is 118 Å². The average molecular weight is 639 g/mol. The maximum atomic E-state index is 2.51. The third-order valence-corrected chi connectivity index (χ3v) is 11.9. The first-order valence-electron chi connectivity index (χ1n) is 17.9. The lowest BCUT2D eigenvalue weighted by molar-refractivity contribution is 0.652. The van der Waals surface area contributed by atoms with Gasteiger partial charge in [0.2, 0.25) is 0 Å². The van der Waals surface area contributed by atoms with Crippen molar-refractivity contribution in [2.24, 2.45) is 0 Å². The molecule has 0 saturated heterocycles. The number of benzene rings is 8. The lowest BCUT2D eigenvalue weighted by Gasteiger charge is -2.24. The van der Waals surface area contributed by atoms with E-state index in [-0.39, 0.29) is 10.8 Å². The lowest BCUT2D eigenvalue weighted by Crippen LogP contribution is -2.17. The van der Waals surface area contributed by atoms with Crippen molar-refractivity contribution in [3.8, 4) is 55.6 Å². The first-order chi connectivity index (χ1) is 24.3. The Bertz CT molecular complexity index is 2610. The lowest BCUT2D eigenvalue weighted by atomic mass is 9.78. The van der Waals surface area contributed by atoms with Crippen LogP contribution in [0.2, 0.25) is 0 Å². The van der Waals surface area contributed by atoms with Crippen LogP contribution >= 0.6 is 0 Å². The minimum Gasteiger partial charge on any atom is -0.0622 e. The summed E-state index contributed by atoms with van der Waals surface area (Å²) in [5.41, 5.74) is 18.7. The second kappa shape index (κ2) is 10.4. The molecule has 2 aliphatic carbocycles. The molecule has 0 N–H and O–H groups in total. The van der Waals surface area contributed by atoms with Crippen LogP contribution in [0.25, 0.3) is 77.2 Å². The van der Waals surface area contributed by atoms with Gasteiger partial charge in [0.05, 0.1) is 0 Å². The molecule has 0 heteroatoms. The van der Waals surface area contributed by atoms with Gasteiger partial charge in [0, 0.05) is 10.8 Å². The van der Waals surface area contributed by atoms with E-state index in [4.69, 9.17) is 0 Å². The number of hydrogen-bond acceptors (Lipinski definition) is 0. The molecule has 8 aromatic rings. The highest BCUT2D eigenvalue weighted by Gasteiger charge is 2.41. The summed E-state index contributed by atoms with van der Waals surface area (Å²) >= 11 is 0. The standard InChI is InChI=1S/C50H38/c1-49(2)43-21-13-12-16-35(43)41-29-46-42(30-45(41)49)36-27-26-34(28-44(36)50(46,3)4)48-39-19-10-8-17-37(39)47(38-18-9-11-20-40(38)48)33-24-22-32(23-25-33)31-14-6-5-7-15-31/h5-30H,1-4H3. The second-order valence-electron chi connectivity index (χ2n) is 15.3. The van der Waals surface area contributed by atoms with Gasteiger partial charge in [-0.2, -0.15) is 0 Å². The topological polar surface area (TPSA) is 0 Å². The largest absolute Gasteiger partial charge is 0.0622 e. The highest BCUT2D eigenvalue weighted by Crippen LogP contribution is 2.57. The summed E-state index contributed by atoms with van der Waals surface area (Å²) < 4.78 is 0. The van der Waals surface area contributed by atoms with Crippen LogP contribution in [0.4, 0.5) is 0 Å². The normalized spacial score (nSPS) is 14.7. The molecule has 0 heterocycles. The molecule has 0 bridgehead atoms. The van der Waals surface area contributed by atoms with E-state index in [2.05, 4.69) is 185 Å². The maximum absolute atomic E-state index is 2.51. The van der Waals surface area contributed by atoms with Crippen LogP contribution in [0, 0.1) is 0 Å². The van der Waals surface area contributed by atoms with E-state index in [1.807, 2.05) is 0 Å². The summed E-state index contributed by atoms with van der Waals surface area (Å²) in [4.78, 5) is 0. The minimum absolute atomic E-state index is 0.0186. The number of fused-ring (bicyclic) bond motifs is 8. The van der Waals surface area contributed by atoms with Crippen molar-refractivity contribution in [2.75, 3.05) is 0 Å². The Kier molecular flexibility index (Phi) is 6.07. The average Bonchev–Trinajstić information content (AvgIpc) is 3.52. The molecule has 0 amide bonds. The Morgan fingerprint density at radius 2 is 0.680 bits per heavy atom. The zero-order valence-corrected chi connectivity index (χ0v) is 29.0. The van der Waals surface area contributed by atoms with Crippen LogP contribution in [0.3, 0.4) is 0 Å². The van der Waals surface area contributed by atoms with Crippen molar-refractivity contribution in [1.82, 2.24) is 0 Å². The molecule has 0 aromatic heterocycles. The maximum Gasteiger partial charge on any atom is 0.0159 e. The zero-order chi connectivity index (χ0) is 33.8. The fourth-order valence-corrected chi connectivity index (χ4v) is 9.29. The summed E-state index contributed by atoms with van der Waals surface area (Å²) in [5.74, 6) is 0. The Morgan fingerprint density at radius 1 is 0.280 bits per heavy atom. The summed E-state index contributed by atoms with van der Waals surface area (Å²) in [7, 11) is 0. The molecule has 238 valence electrons. The predicted molar refractivity (Wildman–Crippen MR) is 213 cm³/mol.